The molecule has 0 fully saturated rings. The first kappa shape index (κ1) is 18.0. The van der Waals surface area contributed by atoms with Gasteiger partial charge in [0.1, 0.15) is 11.5 Å². The number of aliphatic hydroxyl groups excluding tert-OH is 1. The van der Waals surface area contributed by atoms with E-state index in [9.17, 15) is 5.11 Å². The van der Waals surface area contributed by atoms with Gasteiger partial charge < -0.3 is 14.7 Å². The van der Waals surface area contributed by atoms with Crippen LogP contribution in [0.25, 0.3) is 0 Å². The zero-order valence-electron chi connectivity index (χ0n) is 15.1. The van der Waals surface area contributed by atoms with Crippen LogP contribution in [0.2, 0.25) is 0 Å². The molecule has 0 aliphatic carbocycles. The second-order valence-electron chi connectivity index (χ2n) is 6.34. The van der Waals surface area contributed by atoms with E-state index in [1.165, 1.54) is 5.56 Å². The van der Waals surface area contributed by atoms with Gasteiger partial charge in [-0.2, -0.15) is 0 Å². The van der Waals surface area contributed by atoms with E-state index in [4.69, 9.17) is 4.74 Å². The molecule has 0 bridgehead atoms. The fourth-order valence-electron chi connectivity index (χ4n) is 2.82. The van der Waals surface area contributed by atoms with E-state index in [0.29, 0.717) is 6.54 Å². The van der Waals surface area contributed by atoms with Crippen LogP contribution in [0.5, 0.6) is 11.5 Å². The zero-order chi connectivity index (χ0) is 18.2. The second-order valence-corrected chi connectivity index (χ2v) is 6.34. The van der Waals surface area contributed by atoms with Crippen molar-refractivity contribution >= 4 is 5.69 Å². The van der Waals surface area contributed by atoms with Gasteiger partial charge in [-0.1, -0.05) is 61.5 Å². The van der Waals surface area contributed by atoms with E-state index >= 15 is 0 Å². The molecule has 1 atom stereocenters. The Hall–Kier alpha value is -2.78. The first-order valence-corrected chi connectivity index (χ1v) is 9.04. The molecule has 1 N–H and O–H groups in total. The lowest BCUT2D eigenvalue weighted by Gasteiger charge is -2.27. The molecule has 0 saturated carbocycles. The molecule has 3 heteroatoms. The normalized spacial score (nSPS) is 11.8. The molecule has 3 aromatic rings. The quantitative estimate of drug-likeness (QED) is 0.603. The lowest BCUT2D eigenvalue weighted by molar-refractivity contribution is 0.175. The number of nitrogens with zero attached hydrogens (tertiary/aromatic N) is 1. The molecule has 3 rings (SSSR count). The molecule has 0 aliphatic rings. The van der Waals surface area contributed by atoms with Crippen LogP contribution in [0.15, 0.2) is 84.9 Å². The van der Waals surface area contributed by atoms with Gasteiger partial charge in [-0.05, 0) is 36.2 Å². The van der Waals surface area contributed by atoms with Gasteiger partial charge in [0.05, 0.1) is 6.10 Å². The summed E-state index contributed by atoms with van der Waals surface area (Å²) in [6.07, 6.45) is 0.364. The van der Waals surface area contributed by atoms with E-state index in [1.807, 2.05) is 73.7 Å². The number of ether oxygens (including phenoxy) is 1. The SMILES string of the molecule is CCC(O)CN(Cc1ccccc1)c1cccc(Oc2ccccc2)c1. The van der Waals surface area contributed by atoms with Gasteiger partial charge in [0.2, 0.25) is 0 Å². The number of benzene rings is 3. The summed E-state index contributed by atoms with van der Waals surface area (Å²) in [6, 6.07) is 28.1. The number of aliphatic hydroxyl groups is 1. The monoisotopic (exact) mass is 347 g/mol. The van der Waals surface area contributed by atoms with Crippen LogP contribution in [0.1, 0.15) is 18.9 Å². The van der Waals surface area contributed by atoms with Gasteiger partial charge in [-0.3, -0.25) is 0 Å². The van der Waals surface area contributed by atoms with Crippen LogP contribution in [0.3, 0.4) is 0 Å². The van der Waals surface area contributed by atoms with Crippen molar-refractivity contribution in [1.29, 1.82) is 0 Å². The summed E-state index contributed by atoms with van der Waals surface area (Å²) in [6.45, 7) is 3.33. The Bertz CT molecular complexity index is 790. The summed E-state index contributed by atoms with van der Waals surface area (Å²) in [5.74, 6) is 1.60. The standard InChI is InChI=1S/C23H25NO2/c1-2-21(25)18-24(17-19-10-5-3-6-11-19)20-12-9-15-23(16-20)26-22-13-7-4-8-14-22/h3-16,21,25H,2,17-18H2,1H3. The molecular weight excluding hydrogens is 322 g/mol. The average Bonchev–Trinajstić information content (AvgIpc) is 2.69. The first-order chi connectivity index (χ1) is 12.7. The van der Waals surface area contributed by atoms with Crippen molar-refractivity contribution in [2.75, 3.05) is 11.4 Å². The van der Waals surface area contributed by atoms with Crippen molar-refractivity contribution in [3.8, 4) is 11.5 Å². The molecule has 3 nitrogen and oxygen atoms in total. The molecule has 134 valence electrons. The van der Waals surface area contributed by atoms with E-state index in [2.05, 4.69) is 23.1 Å². The van der Waals surface area contributed by atoms with Crippen molar-refractivity contribution < 1.29 is 9.84 Å². The van der Waals surface area contributed by atoms with Crippen LogP contribution in [-0.4, -0.2) is 17.8 Å². The van der Waals surface area contributed by atoms with Gasteiger partial charge in [0.25, 0.3) is 0 Å². The maximum Gasteiger partial charge on any atom is 0.129 e. The summed E-state index contributed by atoms with van der Waals surface area (Å²) >= 11 is 0. The summed E-state index contributed by atoms with van der Waals surface area (Å²) in [5.41, 5.74) is 2.25. The smallest absolute Gasteiger partial charge is 0.129 e. The number of rotatable bonds is 8. The topological polar surface area (TPSA) is 32.7 Å². The van der Waals surface area contributed by atoms with Crippen LogP contribution < -0.4 is 9.64 Å². The molecule has 26 heavy (non-hydrogen) atoms. The molecule has 3 aromatic carbocycles. The van der Waals surface area contributed by atoms with Crippen LogP contribution in [0.4, 0.5) is 5.69 Å². The molecular formula is C23H25NO2. The molecule has 0 amide bonds. The number of para-hydroxylation sites is 1. The molecule has 0 saturated heterocycles. The molecule has 0 radical (unpaired) electrons. The third-order valence-electron chi connectivity index (χ3n) is 4.28. The van der Waals surface area contributed by atoms with Gasteiger partial charge >= 0.3 is 0 Å². The third-order valence-corrected chi connectivity index (χ3v) is 4.28. The molecule has 0 spiro atoms. The lowest BCUT2D eigenvalue weighted by atomic mass is 10.1. The first-order valence-electron chi connectivity index (χ1n) is 9.04. The molecule has 1 unspecified atom stereocenters. The van der Waals surface area contributed by atoms with E-state index < -0.39 is 0 Å². The number of anilines is 1. The Morgan fingerprint density at radius 3 is 2.19 bits per heavy atom. The van der Waals surface area contributed by atoms with Crippen molar-refractivity contribution in [3.05, 3.63) is 90.5 Å². The summed E-state index contributed by atoms with van der Waals surface area (Å²) in [7, 11) is 0. The molecule has 0 aromatic heterocycles. The minimum atomic E-state index is -0.364. The van der Waals surface area contributed by atoms with E-state index in [0.717, 1.165) is 30.2 Å². The average molecular weight is 347 g/mol. The molecule has 0 aliphatic heterocycles. The number of hydrogen-bond donors (Lipinski definition) is 1. The van der Waals surface area contributed by atoms with Crippen molar-refractivity contribution in [2.45, 2.75) is 26.0 Å². The van der Waals surface area contributed by atoms with E-state index in [1.54, 1.807) is 0 Å². The fraction of sp³-hybridized carbons (Fsp3) is 0.217. The van der Waals surface area contributed by atoms with Crippen LogP contribution in [-0.2, 0) is 6.54 Å². The molecule has 0 heterocycles. The van der Waals surface area contributed by atoms with Gasteiger partial charge in [0.15, 0.2) is 0 Å². The van der Waals surface area contributed by atoms with Gasteiger partial charge in [0, 0.05) is 24.8 Å². The minimum absolute atomic E-state index is 0.364. The van der Waals surface area contributed by atoms with Crippen LogP contribution >= 0.6 is 0 Å². The Labute approximate surface area is 155 Å². The van der Waals surface area contributed by atoms with Crippen molar-refractivity contribution in [3.63, 3.8) is 0 Å². The van der Waals surface area contributed by atoms with Crippen molar-refractivity contribution in [1.82, 2.24) is 0 Å². The summed E-state index contributed by atoms with van der Waals surface area (Å²) < 4.78 is 5.96. The summed E-state index contributed by atoms with van der Waals surface area (Å²) in [4.78, 5) is 2.20. The highest BCUT2D eigenvalue weighted by molar-refractivity contribution is 5.52. The van der Waals surface area contributed by atoms with Gasteiger partial charge in [-0.25, -0.2) is 0 Å². The summed E-state index contributed by atoms with van der Waals surface area (Å²) in [5, 5.41) is 10.2. The highest BCUT2D eigenvalue weighted by Crippen LogP contribution is 2.27. The van der Waals surface area contributed by atoms with E-state index in [-0.39, 0.29) is 6.10 Å². The third kappa shape index (κ3) is 5.11. The largest absolute Gasteiger partial charge is 0.457 e. The highest BCUT2D eigenvalue weighted by atomic mass is 16.5. The highest BCUT2D eigenvalue weighted by Gasteiger charge is 2.13. The van der Waals surface area contributed by atoms with Crippen LogP contribution in [0, 0.1) is 0 Å². The van der Waals surface area contributed by atoms with Gasteiger partial charge in [-0.15, -0.1) is 0 Å². The Balaban J connectivity index is 1.82. The maximum absolute atomic E-state index is 10.2. The number of hydrogen-bond acceptors (Lipinski definition) is 3. The van der Waals surface area contributed by atoms with Crippen molar-refractivity contribution in [2.24, 2.45) is 0 Å². The Morgan fingerprint density at radius 1 is 0.846 bits per heavy atom. The Morgan fingerprint density at radius 2 is 1.50 bits per heavy atom. The zero-order valence-corrected chi connectivity index (χ0v) is 15.1. The predicted molar refractivity (Wildman–Crippen MR) is 107 cm³/mol. The lowest BCUT2D eigenvalue weighted by Crippen LogP contribution is -2.31. The predicted octanol–water partition coefficient (Wildman–Crippen LogP) is 5.26. The second kappa shape index (κ2) is 9.07. The minimum Gasteiger partial charge on any atom is -0.457 e. The fourth-order valence-corrected chi connectivity index (χ4v) is 2.82. The Kier molecular flexibility index (Phi) is 6.29. The maximum atomic E-state index is 10.2.